The van der Waals surface area contributed by atoms with Gasteiger partial charge in [-0.25, -0.2) is 4.98 Å². The lowest BCUT2D eigenvalue weighted by atomic mass is 10.1. The molecule has 0 atom stereocenters. The fourth-order valence-electron chi connectivity index (χ4n) is 2.07. The lowest BCUT2D eigenvalue weighted by Gasteiger charge is -2.21. The highest BCUT2D eigenvalue weighted by Gasteiger charge is 2.26. The molecule has 0 radical (unpaired) electrons. The Kier molecular flexibility index (Phi) is 3.84. The smallest absolute Gasteiger partial charge is 0.254 e. The summed E-state index contributed by atoms with van der Waals surface area (Å²) in [5.74, 6) is 1.21. The minimum absolute atomic E-state index is 0.0770. The highest BCUT2D eigenvalue weighted by atomic mass is 16.2. The number of amides is 1. The van der Waals surface area contributed by atoms with Crippen molar-refractivity contribution in [3.63, 3.8) is 0 Å². The van der Waals surface area contributed by atoms with Gasteiger partial charge in [-0.2, -0.15) is 0 Å². The van der Waals surface area contributed by atoms with Gasteiger partial charge >= 0.3 is 0 Å². The predicted molar refractivity (Wildman–Crippen MR) is 72.3 cm³/mol. The molecule has 18 heavy (non-hydrogen) atoms. The molecule has 1 saturated carbocycles. The monoisotopic (exact) mass is 247 g/mol. The first-order chi connectivity index (χ1) is 8.63. The van der Waals surface area contributed by atoms with Crippen molar-refractivity contribution in [2.24, 2.45) is 5.92 Å². The zero-order valence-electron chi connectivity index (χ0n) is 11.1. The van der Waals surface area contributed by atoms with E-state index < -0.39 is 0 Å². The number of nitrogens with zero attached hydrogens (tertiary/aromatic N) is 2. The number of aromatic nitrogens is 1. The molecule has 0 bridgehead atoms. The normalized spacial score (nSPS) is 14.6. The third-order valence-electron chi connectivity index (χ3n) is 3.35. The Morgan fingerprint density at radius 2 is 2.17 bits per heavy atom. The standard InChI is InChI=1S/C14H21N3O/c1-3-12-7-11(8-13(15)16-12)14(18)17(4-2)9-10-5-6-10/h7-8,10H,3-6,9H2,1-2H3,(H2,15,16). The van der Waals surface area contributed by atoms with Gasteiger partial charge in [0.15, 0.2) is 0 Å². The Hall–Kier alpha value is -1.58. The van der Waals surface area contributed by atoms with Gasteiger partial charge in [0.05, 0.1) is 0 Å². The molecule has 0 spiro atoms. The van der Waals surface area contributed by atoms with Crippen LogP contribution in [0.3, 0.4) is 0 Å². The molecule has 1 aliphatic carbocycles. The van der Waals surface area contributed by atoms with Crippen LogP contribution in [-0.2, 0) is 6.42 Å². The lowest BCUT2D eigenvalue weighted by molar-refractivity contribution is 0.0756. The van der Waals surface area contributed by atoms with Crippen LogP contribution in [0.1, 0.15) is 42.7 Å². The molecule has 0 unspecified atom stereocenters. The van der Waals surface area contributed by atoms with E-state index in [1.165, 1.54) is 12.8 Å². The van der Waals surface area contributed by atoms with E-state index in [1.807, 2.05) is 24.8 Å². The van der Waals surface area contributed by atoms with E-state index >= 15 is 0 Å². The zero-order chi connectivity index (χ0) is 13.1. The van der Waals surface area contributed by atoms with E-state index in [4.69, 9.17) is 5.73 Å². The maximum absolute atomic E-state index is 12.4. The average Bonchev–Trinajstić information content (AvgIpc) is 3.18. The van der Waals surface area contributed by atoms with Gasteiger partial charge in [-0.15, -0.1) is 0 Å². The molecule has 0 saturated heterocycles. The second kappa shape index (κ2) is 5.38. The number of rotatable bonds is 5. The van der Waals surface area contributed by atoms with Crippen molar-refractivity contribution in [2.45, 2.75) is 33.1 Å². The summed E-state index contributed by atoms with van der Waals surface area (Å²) in [5, 5.41) is 0. The number of aryl methyl sites for hydroxylation is 1. The van der Waals surface area contributed by atoms with Crippen molar-refractivity contribution < 1.29 is 4.79 Å². The van der Waals surface area contributed by atoms with Crippen molar-refractivity contribution in [3.05, 3.63) is 23.4 Å². The average molecular weight is 247 g/mol. The summed E-state index contributed by atoms with van der Waals surface area (Å²) in [6.07, 6.45) is 3.30. The summed E-state index contributed by atoms with van der Waals surface area (Å²) in [5.41, 5.74) is 7.29. The van der Waals surface area contributed by atoms with E-state index in [9.17, 15) is 4.79 Å². The minimum atomic E-state index is 0.0770. The zero-order valence-corrected chi connectivity index (χ0v) is 11.1. The molecule has 1 heterocycles. The largest absolute Gasteiger partial charge is 0.384 e. The number of hydrogen-bond acceptors (Lipinski definition) is 3. The molecule has 1 aromatic heterocycles. The fourth-order valence-corrected chi connectivity index (χ4v) is 2.07. The van der Waals surface area contributed by atoms with Crippen LogP contribution in [0, 0.1) is 5.92 Å². The maximum atomic E-state index is 12.4. The number of hydrogen-bond donors (Lipinski definition) is 1. The summed E-state index contributed by atoms with van der Waals surface area (Å²) in [7, 11) is 0. The lowest BCUT2D eigenvalue weighted by Crippen LogP contribution is -2.32. The predicted octanol–water partition coefficient (Wildman–Crippen LogP) is 2.10. The molecule has 0 aliphatic heterocycles. The summed E-state index contributed by atoms with van der Waals surface area (Å²) >= 11 is 0. The second-order valence-electron chi connectivity index (χ2n) is 4.91. The van der Waals surface area contributed by atoms with Crippen molar-refractivity contribution in [1.82, 2.24) is 9.88 Å². The van der Waals surface area contributed by atoms with Gasteiger partial charge in [-0.3, -0.25) is 4.79 Å². The first kappa shape index (κ1) is 12.9. The summed E-state index contributed by atoms with van der Waals surface area (Å²) in [6, 6.07) is 3.53. The molecule has 1 aliphatic rings. The van der Waals surface area contributed by atoms with Gasteiger partial charge in [0.2, 0.25) is 0 Å². The van der Waals surface area contributed by atoms with Crippen LogP contribution in [0.15, 0.2) is 12.1 Å². The number of carbonyl (C=O) groups excluding carboxylic acids is 1. The Labute approximate surface area is 108 Å². The van der Waals surface area contributed by atoms with Gasteiger partial charge in [-0.05, 0) is 44.2 Å². The van der Waals surface area contributed by atoms with Crippen LogP contribution >= 0.6 is 0 Å². The third kappa shape index (κ3) is 3.00. The highest BCUT2D eigenvalue weighted by molar-refractivity contribution is 5.95. The van der Waals surface area contributed by atoms with Gasteiger partial charge < -0.3 is 10.6 Å². The third-order valence-corrected chi connectivity index (χ3v) is 3.35. The molecule has 98 valence electrons. The number of carbonyl (C=O) groups is 1. The van der Waals surface area contributed by atoms with Gasteiger partial charge in [0, 0.05) is 24.3 Å². The molecule has 2 rings (SSSR count). The number of anilines is 1. The van der Waals surface area contributed by atoms with Crippen molar-refractivity contribution in [2.75, 3.05) is 18.8 Å². The van der Waals surface area contributed by atoms with Crippen molar-refractivity contribution >= 4 is 11.7 Å². The first-order valence-corrected chi connectivity index (χ1v) is 6.69. The minimum Gasteiger partial charge on any atom is -0.384 e. The summed E-state index contributed by atoms with van der Waals surface area (Å²) < 4.78 is 0. The Balaban J connectivity index is 2.17. The molecule has 1 amide bonds. The van der Waals surface area contributed by atoms with E-state index in [0.717, 1.165) is 25.2 Å². The SMILES string of the molecule is CCc1cc(C(=O)N(CC)CC2CC2)cc(N)n1. The molecular weight excluding hydrogens is 226 g/mol. The molecule has 4 nitrogen and oxygen atoms in total. The molecular formula is C14H21N3O. The highest BCUT2D eigenvalue weighted by Crippen LogP contribution is 2.30. The second-order valence-corrected chi connectivity index (χ2v) is 4.91. The van der Waals surface area contributed by atoms with Crippen LogP contribution in [0.5, 0.6) is 0 Å². The van der Waals surface area contributed by atoms with Gasteiger partial charge in [0.25, 0.3) is 5.91 Å². The van der Waals surface area contributed by atoms with E-state index in [-0.39, 0.29) is 5.91 Å². The Bertz CT molecular complexity index is 441. The van der Waals surface area contributed by atoms with Gasteiger partial charge in [-0.1, -0.05) is 6.92 Å². The van der Waals surface area contributed by atoms with Crippen molar-refractivity contribution in [1.29, 1.82) is 0 Å². The van der Waals surface area contributed by atoms with Crippen molar-refractivity contribution in [3.8, 4) is 0 Å². The number of pyridine rings is 1. The summed E-state index contributed by atoms with van der Waals surface area (Å²) in [6.45, 7) is 5.65. The maximum Gasteiger partial charge on any atom is 0.254 e. The molecule has 1 fully saturated rings. The van der Waals surface area contributed by atoms with Crippen LogP contribution in [-0.4, -0.2) is 28.9 Å². The molecule has 2 N–H and O–H groups in total. The first-order valence-electron chi connectivity index (χ1n) is 6.69. The molecule has 0 aromatic carbocycles. The van der Waals surface area contributed by atoms with E-state index in [1.54, 1.807) is 6.07 Å². The van der Waals surface area contributed by atoms with Crippen LogP contribution in [0.4, 0.5) is 5.82 Å². The molecule has 1 aromatic rings. The topological polar surface area (TPSA) is 59.2 Å². The van der Waals surface area contributed by atoms with Gasteiger partial charge in [0.1, 0.15) is 5.82 Å². The van der Waals surface area contributed by atoms with Crippen LogP contribution in [0.25, 0.3) is 0 Å². The molecule has 4 heteroatoms. The number of nitrogen functional groups attached to an aromatic ring is 1. The number of nitrogens with two attached hydrogens (primary N) is 1. The Morgan fingerprint density at radius 3 is 2.72 bits per heavy atom. The Morgan fingerprint density at radius 1 is 1.44 bits per heavy atom. The van der Waals surface area contributed by atoms with E-state index in [0.29, 0.717) is 17.3 Å². The van der Waals surface area contributed by atoms with Crippen LogP contribution in [0.2, 0.25) is 0 Å². The van der Waals surface area contributed by atoms with Crippen LogP contribution < -0.4 is 5.73 Å². The fraction of sp³-hybridized carbons (Fsp3) is 0.571. The van der Waals surface area contributed by atoms with E-state index in [2.05, 4.69) is 4.98 Å². The quantitative estimate of drug-likeness (QED) is 0.866. The summed E-state index contributed by atoms with van der Waals surface area (Å²) in [4.78, 5) is 18.5.